The van der Waals surface area contributed by atoms with Gasteiger partial charge in [-0.05, 0) is 57.9 Å². The van der Waals surface area contributed by atoms with Gasteiger partial charge in [-0.2, -0.15) is 0 Å². The summed E-state index contributed by atoms with van der Waals surface area (Å²) < 4.78 is 10.4. The van der Waals surface area contributed by atoms with Gasteiger partial charge >= 0.3 is 12.1 Å². The standard InChI is InChI=1S/C32H51N3O7/c1-7-41-30(39)27(36)24(19-22-14-10-8-11-15-22)33-28(37)25(18-21(2)3)34-29(38)26(20-23-16-12-9-13-17-23)35-31(40)42-32(4,5)6/h9,12-13,16-17,21-22,24-27,36H,7-8,10-11,14-15,18-20H2,1-6H3,(H,33,37)(H,34,38)(H,35,40)/t24-,25-,26-,27+/m0/s1. The van der Waals surface area contributed by atoms with Crippen LogP contribution in [0.1, 0.15) is 92.1 Å². The van der Waals surface area contributed by atoms with Crippen molar-refractivity contribution in [1.29, 1.82) is 0 Å². The first-order valence-corrected chi connectivity index (χ1v) is 15.3. The van der Waals surface area contributed by atoms with Gasteiger partial charge in [-0.1, -0.05) is 76.3 Å². The molecule has 0 radical (unpaired) electrons. The number of alkyl carbamates (subject to hydrolysis) is 1. The van der Waals surface area contributed by atoms with E-state index >= 15 is 0 Å². The molecule has 1 aliphatic carbocycles. The fraction of sp³-hybridized carbons (Fsp3) is 0.688. The fourth-order valence-corrected chi connectivity index (χ4v) is 5.21. The minimum Gasteiger partial charge on any atom is -0.464 e. The molecule has 236 valence electrons. The maximum atomic E-state index is 13.6. The second-order valence-electron chi connectivity index (χ2n) is 12.6. The van der Waals surface area contributed by atoms with Gasteiger partial charge in [0.2, 0.25) is 11.8 Å². The van der Waals surface area contributed by atoms with Crippen molar-refractivity contribution in [3.63, 3.8) is 0 Å². The first kappa shape index (κ1) is 35.1. The molecule has 1 fully saturated rings. The lowest BCUT2D eigenvalue weighted by Gasteiger charge is -2.31. The molecule has 42 heavy (non-hydrogen) atoms. The number of carbonyl (C=O) groups is 4. The predicted molar refractivity (Wildman–Crippen MR) is 160 cm³/mol. The molecule has 0 heterocycles. The van der Waals surface area contributed by atoms with Crippen LogP contribution in [-0.4, -0.2) is 65.4 Å². The van der Waals surface area contributed by atoms with Crippen LogP contribution in [0.3, 0.4) is 0 Å². The molecule has 0 saturated heterocycles. The Bertz CT molecular complexity index is 1000. The van der Waals surface area contributed by atoms with Crippen LogP contribution in [-0.2, 0) is 30.3 Å². The summed E-state index contributed by atoms with van der Waals surface area (Å²) in [7, 11) is 0. The second-order valence-corrected chi connectivity index (χ2v) is 12.6. The number of hydrogen-bond acceptors (Lipinski definition) is 7. The molecular formula is C32H51N3O7. The molecule has 1 aromatic carbocycles. The van der Waals surface area contributed by atoms with E-state index in [1.54, 1.807) is 27.7 Å². The van der Waals surface area contributed by atoms with E-state index in [9.17, 15) is 24.3 Å². The molecule has 0 bridgehead atoms. The van der Waals surface area contributed by atoms with Gasteiger partial charge < -0.3 is 30.5 Å². The van der Waals surface area contributed by atoms with Crippen molar-refractivity contribution in [2.75, 3.05) is 6.61 Å². The highest BCUT2D eigenvalue weighted by Crippen LogP contribution is 2.28. The molecule has 2 rings (SSSR count). The van der Waals surface area contributed by atoms with E-state index in [0.717, 1.165) is 37.7 Å². The Labute approximate surface area is 250 Å². The summed E-state index contributed by atoms with van der Waals surface area (Å²) in [6.07, 6.45) is 3.89. The zero-order valence-corrected chi connectivity index (χ0v) is 26.1. The number of amides is 3. The van der Waals surface area contributed by atoms with Crippen LogP contribution >= 0.6 is 0 Å². The van der Waals surface area contributed by atoms with Crippen LogP contribution < -0.4 is 16.0 Å². The first-order valence-electron chi connectivity index (χ1n) is 15.3. The monoisotopic (exact) mass is 589 g/mol. The molecule has 1 aliphatic rings. The van der Waals surface area contributed by atoms with Crippen molar-refractivity contribution in [2.24, 2.45) is 11.8 Å². The molecule has 10 heteroatoms. The number of hydrogen-bond donors (Lipinski definition) is 4. The van der Waals surface area contributed by atoms with E-state index in [1.165, 1.54) is 0 Å². The Balaban J connectivity index is 2.24. The fourth-order valence-electron chi connectivity index (χ4n) is 5.21. The van der Waals surface area contributed by atoms with Crippen LogP contribution in [0.2, 0.25) is 0 Å². The third-order valence-electron chi connectivity index (χ3n) is 7.18. The topological polar surface area (TPSA) is 143 Å². The SMILES string of the molecule is CCOC(=O)[C@H](O)[C@H](CC1CCCCC1)NC(=O)[C@H](CC(C)C)NC(=O)[C@H](Cc1ccccc1)NC(=O)OC(C)(C)C. The van der Waals surface area contributed by atoms with Crippen LogP contribution in [0.4, 0.5) is 4.79 Å². The van der Waals surface area contributed by atoms with E-state index in [0.29, 0.717) is 12.8 Å². The largest absolute Gasteiger partial charge is 0.464 e. The summed E-state index contributed by atoms with van der Waals surface area (Å²) in [6.45, 7) is 10.8. The number of nitrogens with one attached hydrogen (secondary N) is 3. The minimum absolute atomic E-state index is 0.0409. The number of aliphatic hydroxyl groups excluding tert-OH is 1. The zero-order valence-electron chi connectivity index (χ0n) is 26.1. The summed E-state index contributed by atoms with van der Waals surface area (Å²) in [5.41, 5.74) is 0.0639. The highest BCUT2D eigenvalue weighted by Gasteiger charge is 2.35. The number of carbonyl (C=O) groups excluding carboxylic acids is 4. The first-order chi connectivity index (χ1) is 19.8. The van der Waals surface area contributed by atoms with Crippen molar-refractivity contribution in [2.45, 2.75) is 123 Å². The Kier molecular flexibility index (Phi) is 14.3. The van der Waals surface area contributed by atoms with Gasteiger partial charge in [0.15, 0.2) is 6.10 Å². The third kappa shape index (κ3) is 12.8. The molecule has 3 amide bonds. The average molecular weight is 590 g/mol. The average Bonchev–Trinajstić information content (AvgIpc) is 2.91. The van der Waals surface area contributed by atoms with Crippen LogP contribution in [0, 0.1) is 11.8 Å². The normalized spacial score (nSPS) is 17.0. The van der Waals surface area contributed by atoms with Gasteiger partial charge in [0.1, 0.15) is 17.7 Å². The highest BCUT2D eigenvalue weighted by atomic mass is 16.6. The molecule has 0 unspecified atom stereocenters. The Morgan fingerprint density at radius 3 is 2.12 bits per heavy atom. The molecule has 10 nitrogen and oxygen atoms in total. The Morgan fingerprint density at radius 2 is 1.55 bits per heavy atom. The molecule has 1 aromatic rings. The Hall–Kier alpha value is -3.14. The Morgan fingerprint density at radius 1 is 0.929 bits per heavy atom. The van der Waals surface area contributed by atoms with Crippen molar-refractivity contribution in [3.8, 4) is 0 Å². The van der Waals surface area contributed by atoms with Gasteiger partial charge in [0.25, 0.3) is 0 Å². The molecule has 4 atom stereocenters. The van der Waals surface area contributed by atoms with E-state index < -0.39 is 53.7 Å². The lowest BCUT2D eigenvalue weighted by molar-refractivity contribution is -0.155. The van der Waals surface area contributed by atoms with E-state index in [1.807, 2.05) is 44.2 Å². The number of benzene rings is 1. The van der Waals surface area contributed by atoms with E-state index in [2.05, 4.69) is 16.0 Å². The van der Waals surface area contributed by atoms with E-state index in [-0.39, 0.29) is 24.9 Å². The molecular weight excluding hydrogens is 538 g/mol. The van der Waals surface area contributed by atoms with Crippen LogP contribution in [0.5, 0.6) is 0 Å². The summed E-state index contributed by atoms with van der Waals surface area (Å²) >= 11 is 0. The third-order valence-corrected chi connectivity index (χ3v) is 7.18. The number of rotatable bonds is 14. The number of aliphatic hydroxyl groups is 1. The van der Waals surface area contributed by atoms with Crippen LogP contribution in [0.25, 0.3) is 0 Å². The lowest BCUT2D eigenvalue weighted by Crippen LogP contribution is -2.58. The van der Waals surface area contributed by atoms with Gasteiger partial charge in [0.05, 0.1) is 12.6 Å². The van der Waals surface area contributed by atoms with Gasteiger partial charge in [-0.3, -0.25) is 9.59 Å². The molecule has 0 spiro atoms. The van der Waals surface area contributed by atoms with Gasteiger partial charge in [0, 0.05) is 6.42 Å². The summed E-state index contributed by atoms with van der Waals surface area (Å²) in [5.74, 6) is -1.52. The number of ether oxygens (including phenoxy) is 2. The second kappa shape index (κ2) is 17.1. The van der Waals surface area contributed by atoms with E-state index in [4.69, 9.17) is 9.47 Å². The minimum atomic E-state index is -1.52. The van der Waals surface area contributed by atoms with Crippen molar-refractivity contribution in [3.05, 3.63) is 35.9 Å². The van der Waals surface area contributed by atoms with Crippen LogP contribution in [0.15, 0.2) is 30.3 Å². The highest BCUT2D eigenvalue weighted by molar-refractivity contribution is 5.92. The summed E-state index contributed by atoms with van der Waals surface area (Å²) in [6, 6.07) is 6.42. The molecule has 4 N–H and O–H groups in total. The summed E-state index contributed by atoms with van der Waals surface area (Å²) in [5, 5.41) is 19.2. The molecule has 0 aromatic heterocycles. The molecule has 1 saturated carbocycles. The lowest BCUT2D eigenvalue weighted by atomic mass is 9.83. The quantitative estimate of drug-likeness (QED) is 0.240. The molecule has 0 aliphatic heterocycles. The van der Waals surface area contributed by atoms with Crippen molar-refractivity contribution < 1.29 is 33.8 Å². The smallest absolute Gasteiger partial charge is 0.408 e. The predicted octanol–water partition coefficient (Wildman–Crippen LogP) is 4.03. The summed E-state index contributed by atoms with van der Waals surface area (Å²) in [4.78, 5) is 52.3. The van der Waals surface area contributed by atoms with Gasteiger partial charge in [-0.15, -0.1) is 0 Å². The number of esters is 1. The van der Waals surface area contributed by atoms with Gasteiger partial charge in [-0.25, -0.2) is 9.59 Å². The maximum Gasteiger partial charge on any atom is 0.408 e. The van der Waals surface area contributed by atoms with Crippen molar-refractivity contribution in [1.82, 2.24) is 16.0 Å². The van der Waals surface area contributed by atoms with Crippen molar-refractivity contribution >= 4 is 23.9 Å². The zero-order chi connectivity index (χ0) is 31.3. The maximum absolute atomic E-state index is 13.6.